The second-order valence-electron chi connectivity index (χ2n) is 3.77. The summed E-state index contributed by atoms with van der Waals surface area (Å²) in [6, 6.07) is 9.16. The maximum atomic E-state index is 12.0. The Bertz CT molecular complexity index is 709. The van der Waals surface area contributed by atoms with Crippen molar-refractivity contribution in [3.63, 3.8) is 0 Å². The molecule has 0 amide bonds. The molecule has 0 unspecified atom stereocenters. The smallest absolute Gasteiger partial charge is 0.314 e. The van der Waals surface area contributed by atoms with Gasteiger partial charge in [0.05, 0.1) is 6.61 Å². The molecule has 1 heterocycles. The molecule has 0 aliphatic rings. The van der Waals surface area contributed by atoms with Gasteiger partial charge in [-0.3, -0.25) is 0 Å². The normalized spacial score (nSPS) is 12.4. The van der Waals surface area contributed by atoms with E-state index in [1.165, 1.54) is 6.92 Å². The summed E-state index contributed by atoms with van der Waals surface area (Å²) in [5.41, 5.74) is 0.760. The first-order chi connectivity index (χ1) is 9.53. The first-order valence-electron chi connectivity index (χ1n) is 5.86. The monoisotopic (exact) mass is 311 g/mol. The lowest BCUT2D eigenvalue weighted by atomic mass is 10.2. The molecule has 2 aromatic rings. The number of ether oxygens (including phenoxy) is 1. The standard InChI is InChI=1S/C12H13N3O3S2/c1-3-18-9(2)15-20(16,17)12-13-11(14-19-12)10-7-5-4-6-8-10/h4-8H,3H2,1-2H3. The quantitative estimate of drug-likeness (QED) is 0.639. The largest absolute Gasteiger partial charge is 0.481 e. The Morgan fingerprint density at radius 1 is 1.35 bits per heavy atom. The van der Waals surface area contributed by atoms with Crippen molar-refractivity contribution in [1.29, 1.82) is 0 Å². The van der Waals surface area contributed by atoms with Gasteiger partial charge in [0, 0.05) is 24.0 Å². The molecule has 2 rings (SSSR count). The number of aromatic nitrogens is 2. The topological polar surface area (TPSA) is 81.5 Å². The Balaban J connectivity index is 2.31. The Morgan fingerprint density at radius 2 is 2.05 bits per heavy atom. The molecular formula is C12H13N3O3S2. The molecule has 0 aliphatic carbocycles. The van der Waals surface area contributed by atoms with Gasteiger partial charge >= 0.3 is 10.0 Å². The minimum absolute atomic E-state index is 0.0870. The Morgan fingerprint density at radius 3 is 2.70 bits per heavy atom. The van der Waals surface area contributed by atoms with Gasteiger partial charge in [-0.05, 0) is 6.92 Å². The van der Waals surface area contributed by atoms with Crippen LogP contribution in [0.3, 0.4) is 0 Å². The first kappa shape index (κ1) is 14.6. The van der Waals surface area contributed by atoms with Crippen LogP contribution in [0.5, 0.6) is 0 Å². The average molecular weight is 311 g/mol. The third kappa shape index (κ3) is 3.40. The molecule has 0 radical (unpaired) electrons. The number of hydrogen-bond donors (Lipinski definition) is 0. The van der Waals surface area contributed by atoms with Gasteiger partial charge in [0.15, 0.2) is 11.7 Å². The molecule has 0 atom stereocenters. The average Bonchev–Trinajstić information content (AvgIpc) is 2.90. The summed E-state index contributed by atoms with van der Waals surface area (Å²) in [7, 11) is -3.86. The van der Waals surface area contributed by atoms with E-state index in [0.717, 1.165) is 17.1 Å². The SMILES string of the molecule is CCOC(C)=NS(=O)(=O)c1nc(-c2ccccc2)ns1. The molecule has 106 valence electrons. The van der Waals surface area contributed by atoms with Gasteiger partial charge in [0.2, 0.25) is 0 Å². The molecule has 1 aromatic heterocycles. The zero-order chi connectivity index (χ0) is 14.6. The maximum absolute atomic E-state index is 12.0. The molecule has 6 nitrogen and oxygen atoms in total. The van der Waals surface area contributed by atoms with Gasteiger partial charge in [-0.25, -0.2) is 4.98 Å². The molecule has 0 fully saturated rings. The van der Waals surface area contributed by atoms with E-state index in [1.807, 2.05) is 30.3 Å². The van der Waals surface area contributed by atoms with Crippen LogP contribution in [0, 0.1) is 0 Å². The van der Waals surface area contributed by atoms with Crippen LogP contribution in [0.2, 0.25) is 0 Å². The molecule has 0 N–H and O–H groups in total. The second kappa shape index (κ2) is 6.10. The predicted octanol–water partition coefficient (Wildman–Crippen LogP) is 2.35. The lowest BCUT2D eigenvalue weighted by molar-refractivity contribution is 0.325. The fourth-order valence-electron chi connectivity index (χ4n) is 1.46. The summed E-state index contributed by atoms with van der Waals surface area (Å²) in [5, 5.41) is 0. The zero-order valence-corrected chi connectivity index (χ0v) is 12.6. The summed E-state index contributed by atoms with van der Waals surface area (Å²) in [5.74, 6) is 0.461. The van der Waals surface area contributed by atoms with Crippen LogP contribution in [0.4, 0.5) is 0 Å². The second-order valence-corrected chi connectivity index (χ2v) is 6.30. The van der Waals surface area contributed by atoms with Crippen LogP contribution in [-0.2, 0) is 14.8 Å². The van der Waals surface area contributed by atoms with E-state index >= 15 is 0 Å². The molecule has 0 saturated carbocycles. The highest BCUT2D eigenvalue weighted by molar-refractivity contribution is 7.92. The highest BCUT2D eigenvalue weighted by Gasteiger charge is 2.20. The van der Waals surface area contributed by atoms with Gasteiger partial charge < -0.3 is 4.74 Å². The predicted molar refractivity (Wildman–Crippen MR) is 77.3 cm³/mol. The molecule has 0 bridgehead atoms. The third-order valence-corrected chi connectivity index (χ3v) is 4.66. The lowest BCUT2D eigenvalue weighted by Gasteiger charge is -1.99. The fourth-order valence-corrected chi connectivity index (χ4v) is 3.17. The van der Waals surface area contributed by atoms with E-state index < -0.39 is 10.0 Å². The number of hydrogen-bond acceptors (Lipinski definition) is 6. The van der Waals surface area contributed by atoms with Gasteiger partial charge in [-0.1, -0.05) is 30.3 Å². The summed E-state index contributed by atoms with van der Waals surface area (Å²) in [6.07, 6.45) is 0. The molecule has 0 aliphatic heterocycles. The van der Waals surface area contributed by atoms with E-state index in [-0.39, 0.29) is 10.2 Å². The van der Waals surface area contributed by atoms with Gasteiger partial charge in [0.25, 0.3) is 4.34 Å². The van der Waals surface area contributed by atoms with Crippen LogP contribution >= 0.6 is 11.5 Å². The molecular weight excluding hydrogens is 298 g/mol. The van der Waals surface area contributed by atoms with Crippen molar-refractivity contribution in [3.05, 3.63) is 30.3 Å². The van der Waals surface area contributed by atoms with Crippen LogP contribution < -0.4 is 0 Å². The number of rotatable bonds is 4. The highest BCUT2D eigenvalue weighted by atomic mass is 32.2. The zero-order valence-electron chi connectivity index (χ0n) is 11.0. The Kier molecular flexibility index (Phi) is 4.46. The maximum Gasteiger partial charge on any atom is 0.314 e. The van der Waals surface area contributed by atoms with E-state index in [4.69, 9.17) is 4.74 Å². The molecule has 1 aromatic carbocycles. The van der Waals surface area contributed by atoms with Gasteiger partial charge in [-0.15, -0.1) is 4.40 Å². The molecule has 0 saturated heterocycles. The Hall–Kier alpha value is -1.80. The minimum Gasteiger partial charge on any atom is -0.481 e. The first-order valence-corrected chi connectivity index (χ1v) is 8.08. The Labute approximate surface area is 121 Å². The van der Waals surface area contributed by atoms with Crippen LogP contribution in [0.1, 0.15) is 13.8 Å². The van der Waals surface area contributed by atoms with Crippen molar-refractivity contribution in [2.45, 2.75) is 18.2 Å². The van der Waals surface area contributed by atoms with Crippen LogP contribution in [0.15, 0.2) is 39.1 Å². The number of nitrogens with zero attached hydrogens (tertiary/aromatic N) is 3. The fraction of sp³-hybridized carbons (Fsp3) is 0.250. The highest BCUT2D eigenvalue weighted by Crippen LogP contribution is 2.22. The van der Waals surface area contributed by atoms with Crippen molar-refractivity contribution in [3.8, 4) is 11.4 Å². The summed E-state index contributed by atoms with van der Waals surface area (Å²) in [6.45, 7) is 3.60. The van der Waals surface area contributed by atoms with Crippen molar-refractivity contribution in [2.75, 3.05) is 6.61 Å². The van der Waals surface area contributed by atoms with Crippen molar-refractivity contribution in [2.24, 2.45) is 4.40 Å². The van der Waals surface area contributed by atoms with Crippen molar-refractivity contribution < 1.29 is 13.2 Å². The van der Waals surface area contributed by atoms with E-state index in [1.54, 1.807) is 6.92 Å². The van der Waals surface area contributed by atoms with E-state index in [2.05, 4.69) is 13.8 Å². The van der Waals surface area contributed by atoms with Crippen molar-refractivity contribution in [1.82, 2.24) is 9.36 Å². The molecule has 0 spiro atoms. The molecule has 8 heteroatoms. The minimum atomic E-state index is -3.86. The lowest BCUT2D eigenvalue weighted by Crippen LogP contribution is -2.05. The van der Waals surface area contributed by atoms with E-state index in [0.29, 0.717) is 12.4 Å². The third-order valence-electron chi connectivity index (χ3n) is 2.26. The van der Waals surface area contributed by atoms with Gasteiger partial charge in [0.1, 0.15) is 0 Å². The van der Waals surface area contributed by atoms with Gasteiger partial charge in [-0.2, -0.15) is 12.8 Å². The van der Waals surface area contributed by atoms with Crippen molar-refractivity contribution >= 4 is 27.5 Å². The summed E-state index contributed by atoms with van der Waals surface area (Å²) >= 11 is 0.800. The van der Waals surface area contributed by atoms with Crippen LogP contribution in [0.25, 0.3) is 11.4 Å². The number of sulfonamides is 1. The number of benzene rings is 1. The van der Waals surface area contributed by atoms with E-state index in [9.17, 15) is 8.42 Å². The summed E-state index contributed by atoms with van der Waals surface area (Å²) < 4.78 is 36.5. The summed E-state index contributed by atoms with van der Waals surface area (Å²) in [4.78, 5) is 4.02. The van der Waals surface area contributed by atoms with Crippen LogP contribution in [-0.4, -0.2) is 30.3 Å². The molecule has 20 heavy (non-hydrogen) atoms.